The largest absolute Gasteiger partial charge is 0.507 e. The minimum Gasteiger partial charge on any atom is -0.507 e. The predicted octanol–water partition coefficient (Wildman–Crippen LogP) is 4.65. The molecule has 0 bridgehead atoms. The van der Waals surface area contributed by atoms with Gasteiger partial charge in [0.25, 0.3) is 0 Å². The van der Waals surface area contributed by atoms with Crippen LogP contribution in [-0.4, -0.2) is 52.2 Å². The number of ketones is 1. The Balaban J connectivity index is 1.61. The van der Waals surface area contributed by atoms with Crippen molar-refractivity contribution in [1.82, 2.24) is 4.90 Å². The standard InChI is InChI=1S/C26H31ClN2O5/c1-16-11-18-13-17(18)5-2-3-6-19(28-34-10-9-29-8-4-7-24(29)33)14-20-25(21(30)12-16)22(31)15-23(32)26(20)27/h2-3,5-6,15-18,31-32H,4,7-14H2,1H3/b5-2-,6-3+,28-19+/t16-,17-,18-/m1/s1. The van der Waals surface area contributed by atoms with Crippen molar-refractivity contribution in [3.8, 4) is 11.5 Å². The molecule has 1 saturated carbocycles. The number of carbonyl (C=O) groups is 2. The molecule has 1 aromatic carbocycles. The van der Waals surface area contributed by atoms with Crippen LogP contribution in [0.4, 0.5) is 0 Å². The second-order valence-corrected chi connectivity index (χ2v) is 9.91. The summed E-state index contributed by atoms with van der Waals surface area (Å²) >= 11 is 6.40. The Bertz CT molecular complexity index is 1050. The van der Waals surface area contributed by atoms with Gasteiger partial charge in [-0.05, 0) is 48.7 Å². The maximum Gasteiger partial charge on any atom is 0.222 e. The summed E-state index contributed by atoms with van der Waals surface area (Å²) in [6.07, 6.45) is 11.7. The van der Waals surface area contributed by atoms with Crippen LogP contribution < -0.4 is 0 Å². The van der Waals surface area contributed by atoms with Gasteiger partial charge in [-0.15, -0.1) is 0 Å². The van der Waals surface area contributed by atoms with Gasteiger partial charge in [-0.1, -0.05) is 41.9 Å². The molecule has 0 aromatic heterocycles. The van der Waals surface area contributed by atoms with Gasteiger partial charge in [0.2, 0.25) is 5.91 Å². The lowest BCUT2D eigenvalue weighted by Gasteiger charge is -2.17. The second-order valence-electron chi connectivity index (χ2n) is 9.53. The summed E-state index contributed by atoms with van der Waals surface area (Å²) in [5.41, 5.74) is 0.928. The van der Waals surface area contributed by atoms with Crippen molar-refractivity contribution in [2.45, 2.75) is 45.4 Å². The van der Waals surface area contributed by atoms with Gasteiger partial charge in [0, 0.05) is 31.9 Å². The number of oxime groups is 1. The number of phenolic OH excluding ortho intramolecular Hbond substituents is 2. The third kappa shape index (κ3) is 5.81. The highest BCUT2D eigenvalue weighted by Gasteiger charge is 2.36. The minimum absolute atomic E-state index is 0.0162. The van der Waals surface area contributed by atoms with Gasteiger partial charge in [0.1, 0.15) is 18.1 Å². The molecule has 7 nitrogen and oxygen atoms in total. The zero-order valence-corrected chi connectivity index (χ0v) is 20.1. The fourth-order valence-corrected chi connectivity index (χ4v) is 5.07. The number of phenols is 2. The van der Waals surface area contributed by atoms with Crippen LogP contribution in [0.3, 0.4) is 0 Å². The highest BCUT2D eigenvalue weighted by atomic mass is 35.5. The number of carbonyl (C=O) groups excluding carboxylic acids is 2. The number of likely N-dealkylation sites (tertiary alicyclic amines) is 1. The Kier molecular flexibility index (Phi) is 7.61. The second kappa shape index (κ2) is 10.6. The van der Waals surface area contributed by atoms with E-state index in [9.17, 15) is 19.8 Å². The lowest BCUT2D eigenvalue weighted by molar-refractivity contribution is -0.128. The third-order valence-electron chi connectivity index (χ3n) is 6.74. The molecule has 34 heavy (non-hydrogen) atoms. The molecule has 1 aromatic rings. The maximum absolute atomic E-state index is 13.2. The summed E-state index contributed by atoms with van der Waals surface area (Å²) in [6, 6.07) is 1.11. The number of amides is 1. The van der Waals surface area contributed by atoms with Crippen molar-refractivity contribution < 1.29 is 24.6 Å². The first kappa shape index (κ1) is 24.3. The summed E-state index contributed by atoms with van der Waals surface area (Å²) in [4.78, 5) is 32.2. The predicted molar refractivity (Wildman–Crippen MR) is 130 cm³/mol. The molecule has 0 unspecified atom stereocenters. The van der Waals surface area contributed by atoms with E-state index in [1.807, 2.05) is 19.1 Å². The number of aromatic hydroxyl groups is 2. The fourth-order valence-electron chi connectivity index (χ4n) is 4.85. The Morgan fingerprint density at radius 1 is 1.21 bits per heavy atom. The highest BCUT2D eigenvalue weighted by molar-refractivity contribution is 6.33. The average molecular weight is 487 g/mol. The number of halogens is 1. The normalized spacial score (nSPS) is 28.2. The molecule has 8 heteroatoms. The van der Waals surface area contributed by atoms with Gasteiger partial charge in [-0.25, -0.2) is 0 Å². The Morgan fingerprint density at radius 3 is 2.79 bits per heavy atom. The molecule has 0 radical (unpaired) electrons. The molecule has 182 valence electrons. The number of hydrogen-bond donors (Lipinski definition) is 2. The van der Waals surface area contributed by atoms with Gasteiger partial charge in [-0.2, -0.15) is 0 Å². The van der Waals surface area contributed by atoms with E-state index in [2.05, 4.69) is 11.2 Å². The summed E-state index contributed by atoms with van der Waals surface area (Å²) < 4.78 is 0. The van der Waals surface area contributed by atoms with E-state index in [0.717, 1.165) is 31.9 Å². The van der Waals surface area contributed by atoms with Crippen LogP contribution in [0.25, 0.3) is 0 Å². The molecule has 1 saturated heterocycles. The molecule has 3 atom stereocenters. The molecule has 2 N–H and O–H groups in total. The minimum atomic E-state index is -0.294. The van der Waals surface area contributed by atoms with Crippen LogP contribution in [-0.2, 0) is 16.1 Å². The van der Waals surface area contributed by atoms with E-state index in [1.165, 1.54) is 0 Å². The van der Waals surface area contributed by atoms with Gasteiger partial charge in [0.05, 0.1) is 22.8 Å². The Morgan fingerprint density at radius 2 is 2.03 bits per heavy atom. The molecule has 2 fully saturated rings. The Labute approximate surface area is 204 Å². The number of allylic oxidation sites excluding steroid dienone is 4. The number of fused-ring (bicyclic) bond motifs is 2. The van der Waals surface area contributed by atoms with Gasteiger partial charge >= 0.3 is 0 Å². The number of hydrogen-bond acceptors (Lipinski definition) is 6. The lowest BCUT2D eigenvalue weighted by atomic mass is 9.90. The Hall–Kier alpha value is -2.80. The van der Waals surface area contributed by atoms with Crippen LogP contribution in [0.5, 0.6) is 11.5 Å². The van der Waals surface area contributed by atoms with Crippen LogP contribution >= 0.6 is 11.6 Å². The van der Waals surface area contributed by atoms with E-state index in [1.54, 1.807) is 11.0 Å². The van der Waals surface area contributed by atoms with Crippen LogP contribution in [0.1, 0.15) is 54.9 Å². The highest BCUT2D eigenvalue weighted by Crippen LogP contribution is 2.45. The van der Waals surface area contributed by atoms with E-state index >= 15 is 0 Å². The first-order valence-corrected chi connectivity index (χ1v) is 12.3. The van der Waals surface area contributed by atoms with E-state index < -0.39 is 0 Å². The number of rotatable bonds is 4. The van der Waals surface area contributed by atoms with Crippen LogP contribution in [0.15, 0.2) is 35.5 Å². The van der Waals surface area contributed by atoms with Gasteiger partial charge < -0.3 is 20.0 Å². The first-order valence-electron chi connectivity index (χ1n) is 11.9. The molecule has 0 spiro atoms. The van der Waals surface area contributed by atoms with Crippen molar-refractivity contribution >= 4 is 29.0 Å². The smallest absolute Gasteiger partial charge is 0.222 e. The van der Waals surface area contributed by atoms with Crippen molar-refractivity contribution in [2.24, 2.45) is 22.9 Å². The van der Waals surface area contributed by atoms with Crippen molar-refractivity contribution in [1.29, 1.82) is 0 Å². The lowest BCUT2D eigenvalue weighted by Crippen LogP contribution is -2.28. The molecule has 3 aliphatic rings. The maximum atomic E-state index is 13.2. The molecular weight excluding hydrogens is 456 g/mol. The van der Waals surface area contributed by atoms with Crippen LogP contribution in [0.2, 0.25) is 5.02 Å². The quantitative estimate of drug-likeness (QED) is 0.476. The third-order valence-corrected chi connectivity index (χ3v) is 7.16. The van der Waals surface area contributed by atoms with Gasteiger partial charge in [0.15, 0.2) is 5.78 Å². The molecule has 4 rings (SSSR count). The number of nitrogens with zero attached hydrogens (tertiary/aromatic N) is 2. The first-order chi connectivity index (χ1) is 16.3. The zero-order valence-electron chi connectivity index (χ0n) is 19.4. The van der Waals surface area contributed by atoms with Gasteiger partial charge in [-0.3, -0.25) is 9.59 Å². The van der Waals surface area contributed by atoms with Crippen molar-refractivity contribution in [3.63, 3.8) is 0 Å². The topological polar surface area (TPSA) is 99.4 Å². The molecule has 1 amide bonds. The SMILES string of the molecule is C[C@H]1CC(=O)c2c(O)cc(O)c(Cl)c2CC(=N/OCCN2CCCC2=O)/C=C/C=C\[C@@H]2C[C@H]2C1. The van der Waals surface area contributed by atoms with Crippen molar-refractivity contribution in [3.05, 3.63) is 46.5 Å². The summed E-state index contributed by atoms with van der Waals surface area (Å²) in [5, 5.41) is 25.0. The number of benzene rings is 1. The molecular formula is C26H31ClN2O5. The number of Topliss-reactive ketones (excluding diaryl/α,β-unsaturated/α-hetero) is 1. The molecule has 2 aliphatic carbocycles. The summed E-state index contributed by atoms with van der Waals surface area (Å²) in [6.45, 7) is 3.48. The van der Waals surface area contributed by atoms with E-state index in [4.69, 9.17) is 16.4 Å². The fraction of sp³-hybridized carbons (Fsp3) is 0.500. The average Bonchev–Trinajstić information content (AvgIpc) is 3.38. The van der Waals surface area contributed by atoms with E-state index in [-0.39, 0.29) is 59.1 Å². The van der Waals surface area contributed by atoms with E-state index in [0.29, 0.717) is 36.1 Å². The van der Waals surface area contributed by atoms with Crippen molar-refractivity contribution in [2.75, 3.05) is 19.7 Å². The van der Waals surface area contributed by atoms with Crippen LogP contribution in [0, 0.1) is 17.8 Å². The zero-order chi connectivity index (χ0) is 24.2. The molecule has 1 heterocycles. The summed E-state index contributed by atoms with van der Waals surface area (Å²) in [5.74, 6) is 0.586. The molecule has 1 aliphatic heterocycles. The summed E-state index contributed by atoms with van der Waals surface area (Å²) in [7, 11) is 0. The monoisotopic (exact) mass is 486 g/mol.